The molecule has 0 fully saturated rings. The highest BCUT2D eigenvalue weighted by molar-refractivity contribution is 8.00. The Hall–Kier alpha value is -4.67. The van der Waals surface area contributed by atoms with Crippen molar-refractivity contribution in [3.63, 3.8) is 0 Å². The summed E-state index contributed by atoms with van der Waals surface area (Å²) in [4.78, 5) is 54.9. The Morgan fingerprint density at radius 2 is 1.70 bits per heavy atom. The van der Waals surface area contributed by atoms with Crippen LogP contribution in [-0.2, 0) is 27.2 Å². The van der Waals surface area contributed by atoms with Crippen LogP contribution >= 0.6 is 23.1 Å². The highest BCUT2D eigenvalue weighted by Crippen LogP contribution is 2.44. The van der Waals surface area contributed by atoms with E-state index in [1.807, 2.05) is 43.3 Å². The lowest BCUT2D eigenvalue weighted by molar-refractivity contribution is -0.115. The van der Waals surface area contributed by atoms with E-state index < -0.39 is 23.0 Å². The number of thiophene rings is 1. The van der Waals surface area contributed by atoms with Crippen molar-refractivity contribution in [2.24, 2.45) is 11.3 Å². The van der Waals surface area contributed by atoms with Gasteiger partial charge in [0, 0.05) is 21.0 Å². The largest absolute Gasteiger partial charge is 0.465 e. The molecule has 0 spiro atoms. The van der Waals surface area contributed by atoms with Gasteiger partial charge in [0.25, 0.3) is 11.8 Å². The number of hydrogen-bond acceptors (Lipinski definition) is 7. The second-order valence-electron chi connectivity index (χ2n) is 13.5. The van der Waals surface area contributed by atoms with Crippen LogP contribution < -0.4 is 16.0 Å². The van der Waals surface area contributed by atoms with Crippen molar-refractivity contribution >= 4 is 63.6 Å². The Morgan fingerprint density at radius 3 is 2.40 bits per heavy atom. The summed E-state index contributed by atoms with van der Waals surface area (Å²) < 4.78 is 5.13. The molecular weight excluding hydrogens is 667 g/mol. The molecule has 4 aromatic rings. The number of aryl methyl sites for hydroxylation is 1. The SMILES string of the molecule is COC(=O)c1c(NC(=O)C(C)Sc2cccc(NC(=O)/C(=C\c3cccc(C)c3)NC(=O)c3ccccc3)c2)sc2c1CCC(C(C)(C)C)C2. The van der Waals surface area contributed by atoms with Gasteiger partial charge in [0.2, 0.25) is 5.91 Å². The fraction of sp³-hybridized carbons (Fsp3) is 0.300. The zero-order valence-electron chi connectivity index (χ0n) is 29.2. The first-order valence-corrected chi connectivity index (χ1v) is 18.3. The van der Waals surface area contributed by atoms with Crippen LogP contribution in [0.15, 0.2) is 89.5 Å². The monoisotopic (exact) mass is 709 g/mol. The summed E-state index contributed by atoms with van der Waals surface area (Å²) in [5.74, 6) is -1.09. The van der Waals surface area contributed by atoms with Crippen molar-refractivity contribution in [3.8, 4) is 0 Å². The van der Waals surface area contributed by atoms with Gasteiger partial charge in [0.05, 0.1) is 17.9 Å². The molecule has 3 aromatic carbocycles. The lowest BCUT2D eigenvalue weighted by atomic mass is 9.72. The Bertz CT molecular complexity index is 1930. The Labute approximate surface area is 302 Å². The van der Waals surface area contributed by atoms with Crippen LogP contribution in [0.5, 0.6) is 0 Å². The number of ether oxygens (including phenoxy) is 1. The second kappa shape index (κ2) is 15.9. The molecule has 0 saturated carbocycles. The molecule has 2 unspecified atom stereocenters. The minimum atomic E-state index is -0.519. The number of carbonyl (C=O) groups excluding carboxylic acids is 4. The molecule has 5 rings (SSSR count). The van der Waals surface area contributed by atoms with Crippen molar-refractivity contribution < 1.29 is 23.9 Å². The first kappa shape index (κ1) is 36.6. The zero-order chi connectivity index (χ0) is 36.0. The lowest BCUT2D eigenvalue weighted by Crippen LogP contribution is -2.30. The molecule has 1 aliphatic rings. The van der Waals surface area contributed by atoms with Gasteiger partial charge >= 0.3 is 5.97 Å². The summed E-state index contributed by atoms with van der Waals surface area (Å²) in [6, 6.07) is 23.5. The highest BCUT2D eigenvalue weighted by atomic mass is 32.2. The number of anilines is 2. The summed E-state index contributed by atoms with van der Waals surface area (Å²) in [6.45, 7) is 10.5. The van der Waals surface area contributed by atoms with Gasteiger partial charge < -0.3 is 20.7 Å². The Balaban J connectivity index is 1.30. The van der Waals surface area contributed by atoms with E-state index in [1.165, 1.54) is 30.2 Å². The van der Waals surface area contributed by atoms with Crippen LogP contribution in [0.2, 0.25) is 0 Å². The molecule has 1 aliphatic carbocycles. The van der Waals surface area contributed by atoms with Crippen LogP contribution in [0, 0.1) is 18.3 Å². The lowest BCUT2D eigenvalue weighted by Gasteiger charge is -2.33. The van der Waals surface area contributed by atoms with Crippen LogP contribution in [0.1, 0.15) is 76.4 Å². The fourth-order valence-electron chi connectivity index (χ4n) is 5.92. The van der Waals surface area contributed by atoms with E-state index in [9.17, 15) is 19.2 Å². The molecule has 0 aliphatic heterocycles. The van der Waals surface area contributed by atoms with Crippen LogP contribution in [0.25, 0.3) is 6.08 Å². The predicted molar refractivity (Wildman–Crippen MR) is 203 cm³/mol. The number of fused-ring (bicyclic) bond motifs is 1. The number of nitrogens with one attached hydrogen (secondary N) is 3. The molecule has 1 aromatic heterocycles. The molecule has 0 saturated heterocycles. The van der Waals surface area contributed by atoms with Crippen molar-refractivity contribution in [1.82, 2.24) is 5.32 Å². The van der Waals surface area contributed by atoms with E-state index >= 15 is 0 Å². The van der Waals surface area contributed by atoms with Gasteiger partial charge in [-0.2, -0.15) is 0 Å². The number of thioether (sulfide) groups is 1. The van der Waals surface area contributed by atoms with E-state index in [-0.39, 0.29) is 17.0 Å². The quantitative estimate of drug-likeness (QED) is 0.0865. The molecule has 10 heteroatoms. The smallest absolute Gasteiger partial charge is 0.341 e. The third-order valence-corrected chi connectivity index (χ3v) is 11.0. The first-order valence-electron chi connectivity index (χ1n) is 16.6. The minimum absolute atomic E-state index is 0.0872. The van der Waals surface area contributed by atoms with Gasteiger partial charge in [-0.25, -0.2) is 4.79 Å². The first-order chi connectivity index (χ1) is 23.8. The van der Waals surface area contributed by atoms with Gasteiger partial charge in [-0.05, 0) is 92.0 Å². The highest BCUT2D eigenvalue weighted by Gasteiger charge is 2.34. The number of hydrogen-bond donors (Lipinski definition) is 3. The fourth-order valence-corrected chi connectivity index (χ4v) is 8.16. The minimum Gasteiger partial charge on any atom is -0.465 e. The molecule has 3 amide bonds. The standard InChI is InChI=1S/C40H43N3O5S2/c1-24-12-10-13-26(20-24)21-32(42-36(45)27-14-8-7-9-15-27)37(46)41-29-16-11-17-30(23-29)49-25(2)35(44)43-38-34(39(47)48-6)31-19-18-28(40(3,4)5)22-33(31)50-38/h7-17,20-21,23,25,28H,18-19,22H2,1-6H3,(H,41,46)(H,42,45)(H,43,44)/b32-21+. The Morgan fingerprint density at radius 1 is 0.960 bits per heavy atom. The van der Waals surface area contributed by atoms with Crippen LogP contribution in [-0.4, -0.2) is 36.1 Å². The average molecular weight is 710 g/mol. The summed E-state index contributed by atoms with van der Waals surface area (Å²) in [7, 11) is 1.36. The summed E-state index contributed by atoms with van der Waals surface area (Å²) in [5.41, 5.74) is 4.39. The van der Waals surface area contributed by atoms with Crippen molar-refractivity contribution in [1.29, 1.82) is 0 Å². The number of benzene rings is 3. The third kappa shape index (κ3) is 9.11. The molecule has 0 radical (unpaired) electrons. The molecule has 3 N–H and O–H groups in total. The number of amides is 3. The maximum atomic E-state index is 13.6. The van der Waals surface area contributed by atoms with Gasteiger partial charge in [0.1, 0.15) is 10.7 Å². The van der Waals surface area contributed by atoms with Crippen LogP contribution in [0.3, 0.4) is 0 Å². The van der Waals surface area contributed by atoms with E-state index in [2.05, 4.69) is 36.7 Å². The van der Waals surface area contributed by atoms with Crippen molar-refractivity contribution in [2.45, 2.75) is 64.0 Å². The van der Waals surface area contributed by atoms with Gasteiger partial charge in [-0.3, -0.25) is 14.4 Å². The molecule has 1 heterocycles. The molecule has 260 valence electrons. The maximum Gasteiger partial charge on any atom is 0.341 e. The van der Waals surface area contributed by atoms with Gasteiger partial charge in [-0.1, -0.05) is 74.9 Å². The van der Waals surface area contributed by atoms with Crippen molar-refractivity contribution in [2.75, 3.05) is 17.7 Å². The van der Waals surface area contributed by atoms with E-state index in [0.717, 1.165) is 45.7 Å². The average Bonchev–Trinajstić information content (AvgIpc) is 3.44. The molecule has 50 heavy (non-hydrogen) atoms. The molecule has 8 nitrogen and oxygen atoms in total. The third-order valence-electron chi connectivity index (χ3n) is 8.77. The number of methoxy groups -OCH3 is 1. The Kier molecular flexibility index (Phi) is 11.6. The molecule has 0 bridgehead atoms. The molecule has 2 atom stereocenters. The normalized spacial score (nSPS) is 15.0. The van der Waals surface area contributed by atoms with Crippen LogP contribution in [0.4, 0.5) is 10.7 Å². The molecular formula is C40H43N3O5S2. The topological polar surface area (TPSA) is 114 Å². The summed E-state index contributed by atoms with van der Waals surface area (Å²) in [6.07, 6.45) is 4.26. The number of carbonyl (C=O) groups is 4. The maximum absolute atomic E-state index is 13.6. The predicted octanol–water partition coefficient (Wildman–Crippen LogP) is 8.52. The summed E-state index contributed by atoms with van der Waals surface area (Å²) >= 11 is 2.80. The zero-order valence-corrected chi connectivity index (χ0v) is 30.8. The summed E-state index contributed by atoms with van der Waals surface area (Å²) in [5, 5.41) is 8.70. The number of rotatable bonds is 10. The number of esters is 1. The second-order valence-corrected chi connectivity index (χ2v) is 16.0. The van der Waals surface area contributed by atoms with Crippen molar-refractivity contribution in [3.05, 3.63) is 117 Å². The van der Waals surface area contributed by atoms with Gasteiger partial charge in [0.15, 0.2) is 0 Å². The van der Waals surface area contributed by atoms with E-state index in [1.54, 1.807) is 55.5 Å². The van der Waals surface area contributed by atoms with Gasteiger partial charge in [-0.15, -0.1) is 23.1 Å². The van der Waals surface area contributed by atoms with E-state index in [0.29, 0.717) is 27.7 Å². The van der Waals surface area contributed by atoms with E-state index in [4.69, 9.17) is 4.74 Å².